The van der Waals surface area contributed by atoms with E-state index < -0.39 is 0 Å². The zero-order valence-electron chi connectivity index (χ0n) is 15.6. The molecule has 0 saturated carbocycles. The topological polar surface area (TPSA) is 35.6 Å². The van der Waals surface area contributed by atoms with Crippen LogP contribution in [0.2, 0.25) is 0 Å². The Kier molecular flexibility index (Phi) is 6.14. The second kappa shape index (κ2) is 8.52. The molecule has 1 heterocycles. The van der Waals surface area contributed by atoms with E-state index in [0.29, 0.717) is 0 Å². The van der Waals surface area contributed by atoms with E-state index in [9.17, 15) is 4.79 Å². The van der Waals surface area contributed by atoms with Gasteiger partial charge in [0.1, 0.15) is 0 Å². The van der Waals surface area contributed by atoms with Gasteiger partial charge in [-0.05, 0) is 76.4 Å². The number of hydrogen-bond donors (Lipinski definition) is 1. The van der Waals surface area contributed by atoms with Gasteiger partial charge in [-0.1, -0.05) is 12.2 Å². The van der Waals surface area contributed by atoms with Gasteiger partial charge in [0, 0.05) is 36.9 Å². The van der Waals surface area contributed by atoms with Crippen molar-refractivity contribution < 1.29 is 4.79 Å². The molecular weight excluding hydrogens is 310 g/mol. The number of nitrogens with zero attached hydrogens (tertiary/aromatic N) is 2. The van der Waals surface area contributed by atoms with Crippen molar-refractivity contribution in [2.45, 2.75) is 32.1 Å². The van der Waals surface area contributed by atoms with Gasteiger partial charge in [0.25, 0.3) is 0 Å². The summed E-state index contributed by atoms with van der Waals surface area (Å²) in [5.74, 6) is 1.09. The molecule has 1 aromatic carbocycles. The molecular formula is C21H31N3O. The monoisotopic (exact) mass is 341 g/mol. The van der Waals surface area contributed by atoms with Gasteiger partial charge in [0.05, 0.1) is 0 Å². The Morgan fingerprint density at radius 2 is 1.84 bits per heavy atom. The molecule has 1 aliphatic heterocycles. The van der Waals surface area contributed by atoms with E-state index in [2.05, 4.69) is 53.5 Å². The average Bonchev–Trinajstić information content (AvgIpc) is 2.63. The molecule has 4 heteroatoms. The van der Waals surface area contributed by atoms with Gasteiger partial charge in [0.15, 0.2) is 0 Å². The lowest BCUT2D eigenvalue weighted by Crippen LogP contribution is -2.37. The largest absolute Gasteiger partial charge is 0.372 e. The minimum atomic E-state index is 0.125. The molecule has 3 rings (SSSR count). The Morgan fingerprint density at radius 1 is 1.12 bits per heavy atom. The third-order valence-electron chi connectivity index (χ3n) is 5.38. The fraction of sp³-hybridized carbons (Fsp3) is 0.571. The quantitative estimate of drug-likeness (QED) is 0.828. The molecule has 1 N–H and O–H groups in total. The van der Waals surface area contributed by atoms with Gasteiger partial charge >= 0.3 is 0 Å². The van der Waals surface area contributed by atoms with Crippen molar-refractivity contribution >= 4 is 17.3 Å². The molecule has 0 spiro atoms. The lowest BCUT2D eigenvalue weighted by Gasteiger charge is -2.34. The van der Waals surface area contributed by atoms with Crippen LogP contribution in [0.5, 0.6) is 0 Å². The highest BCUT2D eigenvalue weighted by molar-refractivity contribution is 5.92. The molecule has 136 valence electrons. The van der Waals surface area contributed by atoms with Crippen LogP contribution in [0.3, 0.4) is 0 Å². The van der Waals surface area contributed by atoms with Crippen molar-refractivity contribution in [1.29, 1.82) is 0 Å². The van der Waals surface area contributed by atoms with Crippen molar-refractivity contribution in [2.24, 2.45) is 11.8 Å². The molecule has 1 saturated heterocycles. The van der Waals surface area contributed by atoms with Crippen LogP contribution >= 0.6 is 0 Å². The summed E-state index contributed by atoms with van der Waals surface area (Å²) >= 11 is 0. The summed E-state index contributed by atoms with van der Waals surface area (Å²) in [5, 5.41) is 3.07. The fourth-order valence-corrected chi connectivity index (χ4v) is 3.92. The van der Waals surface area contributed by atoms with Crippen molar-refractivity contribution in [3.05, 3.63) is 36.4 Å². The van der Waals surface area contributed by atoms with Crippen LogP contribution in [0.4, 0.5) is 11.4 Å². The first-order valence-electron chi connectivity index (χ1n) is 9.57. The van der Waals surface area contributed by atoms with Crippen LogP contribution in [-0.2, 0) is 4.79 Å². The first-order chi connectivity index (χ1) is 12.1. The summed E-state index contributed by atoms with van der Waals surface area (Å²) in [7, 11) is 4.31. The lowest BCUT2D eigenvalue weighted by atomic mass is 9.93. The molecule has 25 heavy (non-hydrogen) atoms. The van der Waals surface area contributed by atoms with Crippen molar-refractivity contribution in [2.75, 3.05) is 43.9 Å². The Morgan fingerprint density at radius 3 is 2.44 bits per heavy atom. The molecule has 0 unspecified atom stereocenters. The predicted molar refractivity (Wildman–Crippen MR) is 105 cm³/mol. The van der Waals surface area contributed by atoms with Crippen molar-refractivity contribution in [3.8, 4) is 0 Å². The van der Waals surface area contributed by atoms with E-state index in [1.54, 1.807) is 0 Å². The van der Waals surface area contributed by atoms with Gasteiger partial charge in [-0.2, -0.15) is 0 Å². The standard InChI is InChI=1S/C21H31N3O/c1-23(2)16-17-12-14-24(15-13-17)20-10-8-19(9-11-20)22-21(25)18-6-4-3-5-7-18/h3-4,8-11,17-18H,5-7,12-16H2,1-2H3,(H,22,25)/t18-/m1/s1. The van der Waals surface area contributed by atoms with E-state index >= 15 is 0 Å². The van der Waals surface area contributed by atoms with Crippen LogP contribution in [0.25, 0.3) is 0 Å². The smallest absolute Gasteiger partial charge is 0.227 e. The maximum atomic E-state index is 12.3. The molecule has 0 radical (unpaired) electrons. The maximum absolute atomic E-state index is 12.3. The number of nitrogens with one attached hydrogen (secondary N) is 1. The van der Waals surface area contributed by atoms with E-state index in [-0.39, 0.29) is 11.8 Å². The SMILES string of the molecule is CN(C)CC1CCN(c2ccc(NC(=O)[C@@H]3CC=CCC3)cc2)CC1. The zero-order chi connectivity index (χ0) is 17.6. The number of hydrogen-bond acceptors (Lipinski definition) is 3. The minimum Gasteiger partial charge on any atom is -0.372 e. The summed E-state index contributed by atoms with van der Waals surface area (Å²) < 4.78 is 0. The Bertz CT molecular complexity index is 586. The highest BCUT2D eigenvalue weighted by Gasteiger charge is 2.21. The maximum Gasteiger partial charge on any atom is 0.227 e. The summed E-state index contributed by atoms with van der Waals surface area (Å²) in [6.45, 7) is 3.44. The van der Waals surface area contributed by atoms with Crippen LogP contribution in [0, 0.1) is 11.8 Å². The molecule has 1 aromatic rings. The van der Waals surface area contributed by atoms with Gasteiger partial charge in [-0.25, -0.2) is 0 Å². The normalized spacial score (nSPS) is 21.6. The lowest BCUT2D eigenvalue weighted by molar-refractivity contribution is -0.120. The average molecular weight is 341 g/mol. The third-order valence-corrected chi connectivity index (χ3v) is 5.38. The third kappa shape index (κ3) is 5.08. The second-order valence-electron chi connectivity index (χ2n) is 7.71. The fourth-order valence-electron chi connectivity index (χ4n) is 3.92. The molecule has 0 bridgehead atoms. The highest BCUT2D eigenvalue weighted by atomic mass is 16.1. The van der Waals surface area contributed by atoms with Crippen LogP contribution < -0.4 is 10.2 Å². The van der Waals surface area contributed by atoms with Crippen molar-refractivity contribution in [1.82, 2.24) is 4.90 Å². The van der Waals surface area contributed by atoms with Gasteiger partial charge in [-0.15, -0.1) is 0 Å². The highest BCUT2D eigenvalue weighted by Crippen LogP contribution is 2.26. The van der Waals surface area contributed by atoms with Crippen LogP contribution in [0.1, 0.15) is 32.1 Å². The first-order valence-corrected chi connectivity index (χ1v) is 9.57. The van der Waals surface area contributed by atoms with Gasteiger partial charge in [-0.3, -0.25) is 4.79 Å². The first kappa shape index (κ1) is 18.0. The summed E-state index contributed by atoms with van der Waals surface area (Å²) in [6, 6.07) is 8.36. The summed E-state index contributed by atoms with van der Waals surface area (Å²) in [4.78, 5) is 17.1. The zero-order valence-corrected chi connectivity index (χ0v) is 15.6. The number of allylic oxidation sites excluding steroid dienone is 2. The van der Waals surface area contributed by atoms with Crippen LogP contribution in [0.15, 0.2) is 36.4 Å². The Balaban J connectivity index is 1.50. The molecule has 1 aliphatic carbocycles. The van der Waals surface area contributed by atoms with E-state index in [0.717, 1.165) is 44.0 Å². The van der Waals surface area contributed by atoms with Gasteiger partial charge in [0.2, 0.25) is 5.91 Å². The number of rotatable bonds is 5. The van der Waals surface area contributed by atoms with Gasteiger partial charge < -0.3 is 15.1 Å². The number of carbonyl (C=O) groups excluding carboxylic acids is 1. The van der Waals surface area contributed by atoms with E-state index in [1.165, 1.54) is 25.1 Å². The van der Waals surface area contributed by atoms with Crippen LogP contribution in [-0.4, -0.2) is 44.5 Å². The van der Waals surface area contributed by atoms with E-state index in [1.807, 2.05) is 12.1 Å². The predicted octanol–water partition coefficient (Wildman–Crippen LogP) is 3.76. The Labute approximate surface area is 151 Å². The molecule has 2 aliphatic rings. The number of amides is 1. The molecule has 0 aromatic heterocycles. The molecule has 1 atom stereocenters. The molecule has 1 fully saturated rings. The summed E-state index contributed by atoms with van der Waals surface area (Å²) in [6.07, 6.45) is 9.64. The minimum absolute atomic E-state index is 0.125. The van der Waals surface area contributed by atoms with E-state index in [4.69, 9.17) is 0 Å². The number of carbonyl (C=O) groups is 1. The summed E-state index contributed by atoms with van der Waals surface area (Å²) in [5.41, 5.74) is 2.17. The number of benzene rings is 1. The number of piperidine rings is 1. The second-order valence-corrected chi connectivity index (χ2v) is 7.71. The molecule has 4 nitrogen and oxygen atoms in total. The Hall–Kier alpha value is -1.81. The van der Waals surface area contributed by atoms with Crippen molar-refractivity contribution in [3.63, 3.8) is 0 Å². The molecule has 1 amide bonds. The number of anilines is 2.